The number of nitrogens with one attached hydrogen (secondary N) is 2. The lowest BCUT2D eigenvalue weighted by atomic mass is 10.1. The number of hydrogen-bond donors (Lipinski definition) is 3. The molecule has 98 valence electrons. The van der Waals surface area contributed by atoms with E-state index in [1.165, 1.54) is 0 Å². The van der Waals surface area contributed by atoms with Gasteiger partial charge in [0.1, 0.15) is 0 Å². The Labute approximate surface area is 108 Å². The van der Waals surface area contributed by atoms with Crippen LogP contribution in [0.5, 0.6) is 0 Å². The zero-order chi connectivity index (χ0) is 13.3. The maximum atomic E-state index is 12.1. The van der Waals surface area contributed by atoms with Gasteiger partial charge in [0.25, 0.3) is 5.91 Å². The van der Waals surface area contributed by atoms with Crippen molar-refractivity contribution in [1.82, 2.24) is 5.32 Å². The van der Waals surface area contributed by atoms with Crippen LogP contribution in [0.15, 0.2) is 18.2 Å². The van der Waals surface area contributed by atoms with Gasteiger partial charge in [-0.1, -0.05) is 0 Å². The zero-order valence-corrected chi connectivity index (χ0v) is 11.2. The van der Waals surface area contributed by atoms with E-state index in [-0.39, 0.29) is 11.4 Å². The monoisotopic (exact) mass is 247 g/mol. The normalized spacial score (nSPS) is 15.3. The highest BCUT2D eigenvalue weighted by Gasteiger charge is 2.25. The van der Waals surface area contributed by atoms with Gasteiger partial charge in [0.05, 0.1) is 5.56 Å². The van der Waals surface area contributed by atoms with Crippen molar-refractivity contribution in [2.75, 3.05) is 11.1 Å². The Balaban J connectivity index is 2.24. The molecule has 18 heavy (non-hydrogen) atoms. The van der Waals surface area contributed by atoms with Gasteiger partial charge < -0.3 is 16.4 Å². The van der Waals surface area contributed by atoms with Crippen molar-refractivity contribution in [2.45, 2.75) is 45.2 Å². The quantitative estimate of drug-likeness (QED) is 0.718. The molecule has 0 spiro atoms. The number of hydrogen-bond acceptors (Lipinski definition) is 3. The van der Waals surface area contributed by atoms with Crippen LogP contribution in [0.1, 0.15) is 44.0 Å². The van der Waals surface area contributed by atoms with Gasteiger partial charge in [0, 0.05) is 23.0 Å². The lowest BCUT2D eigenvalue weighted by Crippen LogP contribution is -2.30. The number of amides is 1. The van der Waals surface area contributed by atoms with Crippen molar-refractivity contribution in [1.29, 1.82) is 0 Å². The van der Waals surface area contributed by atoms with E-state index in [1.807, 2.05) is 12.1 Å². The molecule has 0 atom stereocenters. The molecule has 1 saturated carbocycles. The predicted molar refractivity (Wildman–Crippen MR) is 74.7 cm³/mol. The molecule has 1 aliphatic carbocycles. The summed E-state index contributed by atoms with van der Waals surface area (Å²) in [6.45, 7) is 6.18. The molecule has 4 heteroatoms. The number of nitrogen functional groups attached to an aromatic ring is 1. The van der Waals surface area contributed by atoms with E-state index in [0.717, 1.165) is 18.5 Å². The van der Waals surface area contributed by atoms with E-state index in [0.29, 0.717) is 17.3 Å². The summed E-state index contributed by atoms with van der Waals surface area (Å²) in [5, 5.41) is 6.32. The van der Waals surface area contributed by atoms with Crippen molar-refractivity contribution in [3.05, 3.63) is 23.8 Å². The molecule has 1 aliphatic rings. The molecule has 4 nitrogen and oxygen atoms in total. The minimum Gasteiger partial charge on any atom is -0.399 e. The Bertz CT molecular complexity index is 459. The van der Waals surface area contributed by atoms with Gasteiger partial charge in [-0.2, -0.15) is 0 Å². The highest BCUT2D eigenvalue weighted by atomic mass is 16.1. The van der Waals surface area contributed by atoms with E-state index in [1.54, 1.807) is 6.07 Å². The second-order valence-electron chi connectivity index (χ2n) is 5.93. The number of anilines is 2. The van der Waals surface area contributed by atoms with Gasteiger partial charge in [-0.3, -0.25) is 4.79 Å². The number of rotatable bonds is 3. The summed E-state index contributed by atoms with van der Waals surface area (Å²) >= 11 is 0. The molecule has 0 aromatic heterocycles. The standard InChI is InChI=1S/C14H21N3O/c1-14(2,3)17-12-7-4-9(15)8-11(12)13(18)16-10-5-6-10/h4,7-8,10,17H,5-6,15H2,1-3H3,(H,16,18). The van der Waals surface area contributed by atoms with Crippen molar-refractivity contribution in [3.63, 3.8) is 0 Å². The molecule has 1 amide bonds. The summed E-state index contributed by atoms with van der Waals surface area (Å²) in [6, 6.07) is 5.75. The van der Waals surface area contributed by atoms with Crippen LogP contribution in [0.2, 0.25) is 0 Å². The maximum Gasteiger partial charge on any atom is 0.253 e. The van der Waals surface area contributed by atoms with Crippen molar-refractivity contribution < 1.29 is 4.79 Å². The Morgan fingerprint density at radius 3 is 2.56 bits per heavy atom. The molecular formula is C14H21N3O. The van der Waals surface area contributed by atoms with Crippen LogP contribution >= 0.6 is 0 Å². The highest BCUT2D eigenvalue weighted by molar-refractivity contribution is 6.00. The van der Waals surface area contributed by atoms with Crippen LogP contribution in [0.25, 0.3) is 0 Å². The average Bonchev–Trinajstić information content (AvgIpc) is 3.02. The summed E-state index contributed by atoms with van der Waals surface area (Å²) < 4.78 is 0. The topological polar surface area (TPSA) is 67.1 Å². The molecule has 1 aromatic carbocycles. The Hall–Kier alpha value is -1.71. The first kappa shape index (κ1) is 12.7. The molecule has 1 fully saturated rings. The summed E-state index contributed by atoms with van der Waals surface area (Å²) in [5.74, 6) is -0.0449. The maximum absolute atomic E-state index is 12.1. The van der Waals surface area contributed by atoms with Gasteiger partial charge in [0.15, 0.2) is 0 Å². The van der Waals surface area contributed by atoms with Crippen LogP contribution in [0.4, 0.5) is 11.4 Å². The lowest BCUT2D eigenvalue weighted by Gasteiger charge is -2.24. The van der Waals surface area contributed by atoms with Crippen molar-refractivity contribution >= 4 is 17.3 Å². The third-order valence-electron chi connectivity index (χ3n) is 2.71. The van der Waals surface area contributed by atoms with E-state index in [4.69, 9.17) is 5.73 Å². The second kappa shape index (κ2) is 4.52. The van der Waals surface area contributed by atoms with Crippen LogP contribution in [-0.4, -0.2) is 17.5 Å². The SMILES string of the molecule is CC(C)(C)Nc1ccc(N)cc1C(=O)NC1CC1. The molecule has 0 aliphatic heterocycles. The zero-order valence-electron chi connectivity index (χ0n) is 11.2. The van der Waals surface area contributed by atoms with E-state index < -0.39 is 0 Å². The third kappa shape index (κ3) is 3.39. The molecule has 4 N–H and O–H groups in total. The fourth-order valence-corrected chi connectivity index (χ4v) is 1.75. The fraction of sp³-hybridized carbons (Fsp3) is 0.500. The fourth-order valence-electron chi connectivity index (χ4n) is 1.75. The number of carbonyl (C=O) groups excluding carboxylic acids is 1. The Kier molecular flexibility index (Phi) is 3.20. The van der Waals surface area contributed by atoms with Gasteiger partial charge in [0.2, 0.25) is 0 Å². The van der Waals surface area contributed by atoms with Gasteiger partial charge in [-0.15, -0.1) is 0 Å². The average molecular weight is 247 g/mol. The van der Waals surface area contributed by atoms with Crippen LogP contribution in [-0.2, 0) is 0 Å². The first-order chi connectivity index (χ1) is 8.35. The minimum atomic E-state index is -0.0925. The lowest BCUT2D eigenvalue weighted by molar-refractivity contribution is 0.0952. The van der Waals surface area contributed by atoms with Crippen molar-refractivity contribution in [2.24, 2.45) is 0 Å². The van der Waals surface area contributed by atoms with Crippen LogP contribution in [0, 0.1) is 0 Å². The van der Waals surface area contributed by atoms with E-state index >= 15 is 0 Å². The smallest absolute Gasteiger partial charge is 0.253 e. The van der Waals surface area contributed by atoms with Crippen molar-refractivity contribution in [3.8, 4) is 0 Å². The molecule has 1 aromatic rings. The predicted octanol–water partition coefficient (Wildman–Crippen LogP) is 2.37. The van der Waals surface area contributed by atoms with E-state index in [2.05, 4.69) is 31.4 Å². The summed E-state index contributed by atoms with van der Waals surface area (Å²) in [5.41, 5.74) is 7.73. The largest absolute Gasteiger partial charge is 0.399 e. The van der Waals surface area contributed by atoms with Crippen LogP contribution in [0.3, 0.4) is 0 Å². The van der Waals surface area contributed by atoms with Gasteiger partial charge >= 0.3 is 0 Å². The summed E-state index contributed by atoms with van der Waals surface area (Å²) in [4.78, 5) is 12.1. The number of benzene rings is 1. The first-order valence-corrected chi connectivity index (χ1v) is 6.34. The molecule has 0 saturated heterocycles. The van der Waals surface area contributed by atoms with Gasteiger partial charge in [-0.25, -0.2) is 0 Å². The molecule has 0 unspecified atom stereocenters. The Morgan fingerprint density at radius 1 is 1.33 bits per heavy atom. The second-order valence-corrected chi connectivity index (χ2v) is 5.93. The first-order valence-electron chi connectivity index (χ1n) is 6.34. The van der Waals surface area contributed by atoms with Gasteiger partial charge in [-0.05, 0) is 51.8 Å². The third-order valence-corrected chi connectivity index (χ3v) is 2.71. The molecule has 2 rings (SSSR count). The molecule has 0 heterocycles. The molecule has 0 bridgehead atoms. The number of carbonyl (C=O) groups is 1. The summed E-state index contributed by atoms with van der Waals surface area (Å²) in [6.07, 6.45) is 2.16. The van der Waals surface area contributed by atoms with Crippen LogP contribution < -0.4 is 16.4 Å². The minimum absolute atomic E-state index is 0.0449. The molecular weight excluding hydrogens is 226 g/mol. The Morgan fingerprint density at radius 2 is 2.00 bits per heavy atom. The summed E-state index contributed by atoms with van der Waals surface area (Å²) in [7, 11) is 0. The van der Waals surface area contributed by atoms with E-state index in [9.17, 15) is 4.79 Å². The highest BCUT2D eigenvalue weighted by Crippen LogP contribution is 2.25. The number of nitrogens with two attached hydrogens (primary N) is 1. The molecule has 0 radical (unpaired) electrons.